The summed E-state index contributed by atoms with van der Waals surface area (Å²) in [6.45, 7) is 0.455. The number of aromatic nitrogens is 1. The van der Waals surface area contributed by atoms with E-state index in [2.05, 4.69) is 20.9 Å². The highest BCUT2D eigenvalue weighted by Crippen LogP contribution is 2.21. The van der Waals surface area contributed by atoms with Crippen LogP contribution in [0.4, 0.5) is 10.6 Å². The van der Waals surface area contributed by atoms with Crippen molar-refractivity contribution in [3.63, 3.8) is 0 Å². The molecule has 4 nitrogen and oxygen atoms in total. The van der Waals surface area contributed by atoms with Crippen molar-refractivity contribution in [1.29, 1.82) is 0 Å². The maximum atomic E-state index is 11.4. The van der Waals surface area contributed by atoms with Gasteiger partial charge in [0.15, 0.2) is 0 Å². The van der Waals surface area contributed by atoms with Crippen LogP contribution in [0.15, 0.2) is 22.8 Å². The van der Waals surface area contributed by atoms with E-state index in [0.717, 1.165) is 4.47 Å². The summed E-state index contributed by atoms with van der Waals surface area (Å²) in [5.74, 6) is 0.884. The van der Waals surface area contributed by atoms with Crippen LogP contribution in [-0.4, -0.2) is 29.6 Å². The first kappa shape index (κ1) is 10.7. The number of carbonyl (C=O) groups excluding carboxylic acids is 1. The number of ether oxygens (including phenoxy) is 1. The number of pyridine rings is 1. The van der Waals surface area contributed by atoms with Gasteiger partial charge in [-0.3, -0.25) is 4.90 Å². The highest BCUT2D eigenvalue weighted by atomic mass is 79.9. The zero-order valence-corrected chi connectivity index (χ0v) is 10.0. The molecule has 1 aromatic heterocycles. The lowest BCUT2D eigenvalue weighted by Crippen LogP contribution is -2.25. The molecule has 15 heavy (non-hydrogen) atoms. The number of hydrogen-bond acceptors (Lipinski definition) is 3. The third kappa shape index (κ3) is 2.23. The van der Waals surface area contributed by atoms with Crippen molar-refractivity contribution in [2.24, 2.45) is 0 Å². The first-order valence-corrected chi connectivity index (χ1v) is 5.69. The summed E-state index contributed by atoms with van der Waals surface area (Å²) >= 11 is 8.90. The van der Waals surface area contributed by atoms with Crippen LogP contribution < -0.4 is 4.90 Å². The molecule has 1 aliphatic heterocycles. The van der Waals surface area contributed by atoms with E-state index >= 15 is 0 Å². The molecule has 1 aromatic rings. The molecule has 2 heterocycles. The molecule has 1 fully saturated rings. The maximum absolute atomic E-state index is 11.4. The van der Waals surface area contributed by atoms with Crippen LogP contribution in [0, 0.1) is 0 Å². The fourth-order valence-electron chi connectivity index (χ4n) is 1.32. The van der Waals surface area contributed by atoms with Gasteiger partial charge in [0.2, 0.25) is 0 Å². The molecule has 0 bridgehead atoms. The number of carbonyl (C=O) groups is 1. The lowest BCUT2D eigenvalue weighted by molar-refractivity contribution is 0.151. The van der Waals surface area contributed by atoms with Crippen LogP contribution >= 0.6 is 27.5 Å². The Hall–Kier alpha value is -0.810. The quantitative estimate of drug-likeness (QED) is 0.786. The first-order valence-electron chi connectivity index (χ1n) is 4.36. The fraction of sp³-hybridized carbons (Fsp3) is 0.333. The molecule has 0 radical (unpaired) electrons. The Kier molecular flexibility index (Phi) is 3.11. The minimum atomic E-state index is -0.393. The molecular formula is C9H8BrClN2O2. The van der Waals surface area contributed by atoms with Gasteiger partial charge in [0.05, 0.1) is 12.4 Å². The Bertz CT molecular complexity index is 371. The molecule has 1 amide bonds. The summed E-state index contributed by atoms with van der Waals surface area (Å²) in [5.41, 5.74) is 0. The molecule has 1 unspecified atom stereocenters. The Morgan fingerprint density at radius 3 is 3.00 bits per heavy atom. The van der Waals surface area contributed by atoms with Gasteiger partial charge in [0.25, 0.3) is 0 Å². The monoisotopic (exact) mass is 290 g/mol. The lowest BCUT2D eigenvalue weighted by atomic mass is 10.4. The second-order valence-electron chi connectivity index (χ2n) is 3.11. The molecule has 80 valence electrons. The molecule has 0 aliphatic carbocycles. The number of cyclic esters (lactones) is 1. The number of rotatable bonds is 2. The van der Waals surface area contributed by atoms with E-state index in [1.165, 1.54) is 4.90 Å². The summed E-state index contributed by atoms with van der Waals surface area (Å²) in [4.78, 5) is 17.0. The van der Waals surface area contributed by atoms with E-state index in [1.807, 2.05) is 6.07 Å². The molecule has 1 atom stereocenters. The predicted molar refractivity (Wildman–Crippen MR) is 60.3 cm³/mol. The predicted octanol–water partition coefficient (Wildman–Crippen LogP) is 2.41. The molecule has 0 spiro atoms. The standard InChI is InChI=1S/C9H8BrClN2O2/c10-6-1-2-8(12-4-6)13-5-7(3-11)15-9(13)14/h1-2,4,7H,3,5H2. The Morgan fingerprint density at radius 2 is 2.47 bits per heavy atom. The number of nitrogens with zero attached hydrogens (tertiary/aromatic N) is 2. The Balaban J connectivity index is 2.18. The van der Waals surface area contributed by atoms with Crippen LogP contribution in [0.5, 0.6) is 0 Å². The van der Waals surface area contributed by atoms with Gasteiger partial charge in [-0.05, 0) is 28.1 Å². The van der Waals surface area contributed by atoms with Crippen LogP contribution in [0.2, 0.25) is 0 Å². The molecule has 2 rings (SSSR count). The molecule has 1 aliphatic rings. The SMILES string of the molecule is O=C1OC(CCl)CN1c1ccc(Br)cn1. The van der Waals surface area contributed by atoms with Gasteiger partial charge < -0.3 is 4.74 Å². The maximum Gasteiger partial charge on any atom is 0.415 e. The van der Waals surface area contributed by atoms with Gasteiger partial charge in [-0.25, -0.2) is 9.78 Å². The van der Waals surface area contributed by atoms with Gasteiger partial charge in [0.1, 0.15) is 11.9 Å². The molecule has 6 heteroatoms. The topological polar surface area (TPSA) is 42.4 Å². The van der Waals surface area contributed by atoms with E-state index in [4.69, 9.17) is 16.3 Å². The van der Waals surface area contributed by atoms with Crippen molar-refractivity contribution < 1.29 is 9.53 Å². The van der Waals surface area contributed by atoms with Crippen molar-refractivity contribution >= 4 is 39.4 Å². The normalized spacial score (nSPS) is 20.5. The van der Waals surface area contributed by atoms with E-state index < -0.39 is 6.09 Å². The largest absolute Gasteiger partial charge is 0.443 e. The van der Waals surface area contributed by atoms with Crippen LogP contribution in [0.3, 0.4) is 0 Å². The Morgan fingerprint density at radius 1 is 1.67 bits per heavy atom. The Labute approximate surface area is 100 Å². The van der Waals surface area contributed by atoms with Crippen molar-refractivity contribution in [3.8, 4) is 0 Å². The minimum absolute atomic E-state index is 0.246. The second-order valence-corrected chi connectivity index (χ2v) is 4.33. The van der Waals surface area contributed by atoms with E-state index in [9.17, 15) is 4.79 Å². The minimum Gasteiger partial charge on any atom is -0.443 e. The number of halogens is 2. The van der Waals surface area contributed by atoms with Crippen molar-refractivity contribution in [3.05, 3.63) is 22.8 Å². The van der Waals surface area contributed by atoms with Gasteiger partial charge in [-0.2, -0.15) is 0 Å². The van der Waals surface area contributed by atoms with Crippen LogP contribution in [-0.2, 0) is 4.74 Å². The summed E-state index contributed by atoms with van der Waals surface area (Å²) < 4.78 is 5.88. The molecule has 0 N–H and O–H groups in total. The van der Waals surface area contributed by atoms with Crippen LogP contribution in [0.1, 0.15) is 0 Å². The van der Waals surface area contributed by atoms with Gasteiger partial charge >= 0.3 is 6.09 Å². The summed E-state index contributed by atoms with van der Waals surface area (Å²) in [6.07, 6.45) is 0.997. The van der Waals surface area contributed by atoms with Gasteiger partial charge in [-0.1, -0.05) is 0 Å². The highest BCUT2D eigenvalue weighted by Gasteiger charge is 2.32. The lowest BCUT2D eigenvalue weighted by Gasteiger charge is -2.10. The zero-order chi connectivity index (χ0) is 10.8. The van der Waals surface area contributed by atoms with Crippen LogP contribution in [0.25, 0.3) is 0 Å². The summed E-state index contributed by atoms with van der Waals surface area (Å²) in [7, 11) is 0. The molecule has 1 saturated heterocycles. The van der Waals surface area contributed by atoms with E-state index in [0.29, 0.717) is 18.2 Å². The fourth-order valence-corrected chi connectivity index (χ4v) is 1.71. The average Bonchev–Trinajstić information content (AvgIpc) is 2.61. The average molecular weight is 292 g/mol. The third-order valence-corrected chi connectivity index (χ3v) is 2.85. The van der Waals surface area contributed by atoms with E-state index in [-0.39, 0.29) is 6.10 Å². The smallest absolute Gasteiger partial charge is 0.415 e. The molecule has 0 saturated carbocycles. The third-order valence-electron chi connectivity index (χ3n) is 2.03. The van der Waals surface area contributed by atoms with Crippen molar-refractivity contribution in [1.82, 2.24) is 4.98 Å². The van der Waals surface area contributed by atoms with Gasteiger partial charge in [0, 0.05) is 10.7 Å². The second kappa shape index (κ2) is 4.37. The van der Waals surface area contributed by atoms with Gasteiger partial charge in [-0.15, -0.1) is 11.6 Å². The van der Waals surface area contributed by atoms with E-state index in [1.54, 1.807) is 12.3 Å². The number of anilines is 1. The molecular weight excluding hydrogens is 283 g/mol. The zero-order valence-electron chi connectivity index (χ0n) is 7.69. The van der Waals surface area contributed by atoms with Crippen molar-refractivity contribution in [2.75, 3.05) is 17.3 Å². The van der Waals surface area contributed by atoms with Crippen molar-refractivity contribution in [2.45, 2.75) is 6.10 Å². The summed E-state index contributed by atoms with van der Waals surface area (Å²) in [5, 5.41) is 0. The number of amides is 1. The number of alkyl halides is 1. The first-order chi connectivity index (χ1) is 7.20. The number of hydrogen-bond donors (Lipinski definition) is 0. The molecule has 0 aromatic carbocycles. The summed E-state index contributed by atoms with van der Waals surface area (Å²) in [6, 6.07) is 3.57. The highest BCUT2D eigenvalue weighted by molar-refractivity contribution is 9.10.